The fourth-order valence-electron chi connectivity index (χ4n) is 1.87. The number of hydrogen-bond donors (Lipinski definition) is 2. The molecule has 3 N–H and O–H groups in total. The van der Waals surface area contributed by atoms with Gasteiger partial charge < -0.3 is 16.0 Å². The molecule has 7 heteroatoms. The Morgan fingerprint density at radius 3 is 3.24 bits per heavy atom. The maximum atomic E-state index is 11.4. The number of carbonyl (C=O) groups is 1. The van der Waals surface area contributed by atoms with Crippen LogP contribution in [0.2, 0.25) is 0 Å². The summed E-state index contributed by atoms with van der Waals surface area (Å²) in [6.07, 6.45) is 1.90. The Kier molecular flexibility index (Phi) is 3.90. The molecule has 94 valence electrons. The third kappa shape index (κ3) is 2.73. The van der Waals surface area contributed by atoms with Crippen molar-refractivity contribution in [3.05, 3.63) is 5.82 Å². The van der Waals surface area contributed by atoms with Crippen LogP contribution in [0.4, 0.5) is 5.13 Å². The number of rotatable bonds is 4. The Morgan fingerprint density at radius 2 is 2.53 bits per heavy atom. The minimum atomic E-state index is -0.315. The van der Waals surface area contributed by atoms with Crippen molar-refractivity contribution < 1.29 is 4.79 Å². The Hall–Kier alpha value is -1.21. The zero-order valence-electron chi connectivity index (χ0n) is 9.85. The quantitative estimate of drug-likeness (QED) is 0.775. The average molecular weight is 255 g/mol. The van der Waals surface area contributed by atoms with E-state index in [9.17, 15) is 4.79 Å². The van der Waals surface area contributed by atoms with Crippen LogP contribution in [0.25, 0.3) is 0 Å². The molecule has 0 saturated carbocycles. The third-order valence-corrected chi connectivity index (χ3v) is 3.54. The molecule has 1 aliphatic rings. The number of nitrogens with one attached hydrogen (secondary N) is 1. The van der Waals surface area contributed by atoms with Gasteiger partial charge in [0.25, 0.3) is 0 Å². The predicted molar refractivity (Wildman–Crippen MR) is 67.1 cm³/mol. The number of nitrogens with zero attached hydrogens (tertiary/aromatic N) is 3. The Bertz CT molecular complexity index is 394. The number of primary amides is 1. The molecule has 1 amide bonds. The molecule has 1 aliphatic heterocycles. The summed E-state index contributed by atoms with van der Waals surface area (Å²) in [6, 6.07) is -0.314. The first-order valence-corrected chi connectivity index (χ1v) is 6.59. The van der Waals surface area contributed by atoms with Crippen molar-refractivity contribution in [2.75, 3.05) is 24.5 Å². The van der Waals surface area contributed by atoms with E-state index in [1.807, 2.05) is 4.90 Å². The summed E-state index contributed by atoms with van der Waals surface area (Å²) in [7, 11) is 0. The molecule has 1 saturated heterocycles. The number of nitrogens with two attached hydrogens (primary N) is 1. The zero-order chi connectivity index (χ0) is 12.3. The van der Waals surface area contributed by atoms with Gasteiger partial charge in [-0.1, -0.05) is 6.92 Å². The van der Waals surface area contributed by atoms with Gasteiger partial charge in [-0.15, -0.1) is 0 Å². The van der Waals surface area contributed by atoms with Crippen LogP contribution in [0.15, 0.2) is 0 Å². The van der Waals surface area contributed by atoms with Gasteiger partial charge in [-0.3, -0.25) is 4.79 Å². The third-order valence-electron chi connectivity index (χ3n) is 2.75. The first kappa shape index (κ1) is 12.3. The first-order chi connectivity index (χ1) is 8.22. The van der Waals surface area contributed by atoms with E-state index in [-0.39, 0.29) is 11.9 Å². The molecule has 2 heterocycles. The number of anilines is 1. The molecule has 0 radical (unpaired) electrons. The number of piperazine rings is 1. The Balaban J connectivity index is 2.14. The van der Waals surface area contributed by atoms with Gasteiger partial charge in [0, 0.05) is 37.6 Å². The predicted octanol–water partition coefficient (Wildman–Crippen LogP) is -0.246. The van der Waals surface area contributed by atoms with E-state index in [0.717, 1.165) is 36.9 Å². The van der Waals surface area contributed by atoms with E-state index in [2.05, 4.69) is 21.6 Å². The van der Waals surface area contributed by atoms with Crippen LogP contribution in [-0.4, -0.2) is 40.9 Å². The number of hydrogen-bond acceptors (Lipinski definition) is 6. The SMILES string of the molecule is CCCc1nsc(N2CCNCC2C(N)=O)n1. The summed E-state index contributed by atoms with van der Waals surface area (Å²) in [5, 5.41) is 3.97. The Morgan fingerprint density at radius 1 is 1.71 bits per heavy atom. The second-order valence-corrected chi connectivity index (χ2v) is 4.79. The van der Waals surface area contributed by atoms with Gasteiger partial charge in [0.2, 0.25) is 11.0 Å². The van der Waals surface area contributed by atoms with Crippen molar-refractivity contribution in [1.82, 2.24) is 14.7 Å². The molecule has 1 unspecified atom stereocenters. The van der Waals surface area contributed by atoms with Gasteiger partial charge >= 0.3 is 0 Å². The van der Waals surface area contributed by atoms with Gasteiger partial charge in [0.1, 0.15) is 11.9 Å². The molecule has 0 aromatic carbocycles. The highest BCUT2D eigenvalue weighted by Crippen LogP contribution is 2.21. The maximum Gasteiger partial charge on any atom is 0.241 e. The standard InChI is InChI=1S/C10H17N5OS/c1-2-3-8-13-10(17-14-8)15-5-4-12-6-7(15)9(11)16/h7,12H,2-6H2,1H3,(H2,11,16). The molecule has 0 spiro atoms. The molecular weight excluding hydrogens is 238 g/mol. The molecular formula is C10H17N5OS. The molecule has 0 bridgehead atoms. The van der Waals surface area contributed by atoms with Crippen molar-refractivity contribution in [3.63, 3.8) is 0 Å². The molecule has 6 nitrogen and oxygen atoms in total. The van der Waals surface area contributed by atoms with Crippen molar-refractivity contribution >= 4 is 22.6 Å². The number of aryl methyl sites for hydroxylation is 1. The highest BCUT2D eigenvalue weighted by Gasteiger charge is 2.29. The minimum Gasteiger partial charge on any atom is -0.368 e. The summed E-state index contributed by atoms with van der Waals surface area (Å²) in [5.41, 5.74) is 5.40. The summed E-state index contributed by atoms with van der Waals surface area (Å²) in [5.74, 6) is 0.540. The monoisotopic (exact) mass is 255 g/mol. The lowest BCUT2D eigenvalue weighted by molar-refractivity contribution is -0.119. The van der Waals surface area contributed by atoms with Gasteiger partial charge in [-0.05, 0) is 6.42 Å². The molecule has 2 rings (SSSR count). The van der Waals surface area contributed by atoms with Crippen molar-refractivity contribution in [3.8, 4) is 0 Å². The normalized spacial score (nSPS) is 20.5. The van der Waals surface area contributed by atoms with Crippen LogP contribution in [0.3, 0.4) is 0 Å². The number of aromatic nitrogens is 2. The van der Waals surface area contributed by atoms with Crippen LogP contribution in [-0.2, 0) is 11.2 Å². The van der Waals surface area contributed by atoms with Crippen LogP contribution in [0.1, 0.15) is 19.2 Å². The second kappa shape index (κ2) is 5.42. The molecule has 17 heavy (non-hydrogen) atoms. The van der Waals surface area contributed by atoms with Crippen molar-refractivity contribution in [1.29, 1.82) is 0 Å². The molecule has 0 aliphatic carbocycles. The van der Waals surface area contributed by atoms with Crippen molar-refractivity contribution in [2.45, 2.75) is 25.8 Å². The zero-order valence-corrected chi connectivity index (χ0v) is 10.7. The van der Waals surface area contributed by atoms with Crippen molar-refractivity contribution in [2.24, 2.45) is 5.73 Å². The lowest BCUT2D eigenvalue weighted by Crippen LogP contribution is -2.57. The summed E-state index contributed by atoms with van der Waals surface area (Å²) < 4.78 is 4.29. The largest absolute Gasteiger partial charge is 0.368 e. The van der Waals surface area contributed by atoms with Gasteiger partial charge in [0.15, 0.2) is 0 Å². The van der Waals surface area contributed by atoms with Crippen LogP contribution in [0, 0.1) is 0 Å². The van der Waals surface area contributed by atoms with Gasteiger partial charge in [-0.2, -0.15) is 4.37 Å². The van der Waals surface area contributed by atoms with Crippen LogP contribution in [0.5, 0.6) is 0 Å². The van der Waals surface area contributed by atoms with E-state index < -0.39 is 0 Å². The smallest absolute Gasteiger partial charge is 0.241 e. The maximum absolute atomic E-state index is 11.4. The summed E-state index contributed by atoms with van der Waals surface area (Å²) in [4.78, 5) is 17.8. The molecule has 1 aromatic heterocycles. The Labute approximate surface area is 104 Å². The van der Waals surface area contributed by atoms with Gasteiger partial charge in [-0.25, -0.2) is 4.98 Å². The topological polar surface area (TPSA) is 84.1 Å². The second-order valence-electron chi connectivity index (χ2n) is 4.06. The van der Waals surface area contributed by atoms with Crippen LogP contribution < -0.4 is 16.0 Å². The average Bonchev–Trinajstić information content (AvgIpc) is 2.78. The number of amides is 1. The van der Waals surface area contributed by atoms with E-state index in [1.165, 1.54) is 11.5 Å². The van der Waals surface area contributed by atoms with E-state index in [1.54, 1.807) is 0 Å². The fourth-order valence-corrected chi connectivity index (χ4v) is 2.66. The van der Waals surface area contributed by atoms with E-state index in [4.69, 9.17) is 5.73 Å². The van der Waals surface area contributed by atoms with Gasteiger partial charge in [0.05, 0.1) is 0 Å². The number of carbonyl (C=O) groups excluding carboxylic acids is 1. The summed E-state index contributed by atoms with van der Waals surface area (Å²) >= 11 is 1.35. The lowest BCUT2D eigenvalue weighted by Gasteiger charge is -2.33. The van der Waals surface area contributed by atoms with E-state index >= 15 is 0 Å². The first-order valence-electron chi connectivity index (χ1n) is 5.81. The fraction of sp³-hybridized carbons (Fsp3) is 0.700. The van der Waals surface area contributed by atoms with Crippen LogP contribution >= 0.6 is 11.5 Å². The lowest BCUT2D eigenvalue weighted by atomic mass is 10.2. The highest BCUT2D eigenvalue weighted by atomic mass is 32.1. The molecule has 1 aromatic rings. The molecule has 1 atom stereocenters. The van der Waals surface area contributed by atoms with E-state index in [0.29, 0.717) is 6.54 Å². The minimum absolute atomic E-state index is 0.314. The molecule has 1 fully saturated rings. The summed E-state index contributed by atoms with van der Waals surface area (Å²) in [6.45, 7) is 4.26. The highest BCUT2D eigenvalue weighted by molar-refractivity contribution is 7.09.